The predicted molar refractivity (Wildman–Crippen MR) is 59.4 cm³/mol. The summed E-state index contributed by atoms with van der Waals surface area (Å²) in [5.41, 5.74) is 4.81. The Morgan fingerprint density at radius 1 is 1.38 bits per heavy atom. The zero-order chi connectivity index (χ0) is 12.1. The number of nitrogens with two attached hydrogens (primary N) is 1. The number of hydrogen-bond acceptors (Lipinski definition) is 3. The first-order chi connectivity index (χ1) is 7.49. The normalized spacial score (nSPS) is 11.9. The molecule has 0 aliphatic carbocycles. The van der Waals surface area contributed by atoms with E-state index in [9.17, 15) is 14.0 Å². The molecule has 0 radical (unpaired) electrons. The Balaban J connectivity index is 2.57. The van der Waals surface area contributed by atoms with Crippen molar-refractivity contribution in [3.8, 4) is 0 Å². The van der Waals surface area contributed by atoms with Gasteiger partial charge in [0, 0.05) is 4.90 Å². The number of halogens is 1. The number of imide groups is 1. The Kier molecular flexibility index (Phi) is 4.30. The number of urea groups is 1. The lowest BCUT2D eigenvalue weighted by Gasteiger charge is -2.09. The summed E-state index contributed by atoms with van der Waals surface area (Å²) in [6.07, 6.45) is 0. The summed E-state index contributed by atoms with van der Waals surface area (Å²) in [6, 6.07) is 4.86. The summed E-state index contributed by atoms with van der Waals surface area (Å²) in [4.78, 5) is 22.5. The highest BCUT2D eigenvalue weighted by Gasteiger charge is 2.15. The van der Waals surface area contributed by atoms with Crippen LogP contribution in [0.5, 0.6) is 0 Å². The minimum Gasteiger partial charge on any atom is -0.351 e. The van der Waals surface area contributed by atoms with E-state index in [1.54, 1.807) is 19.1 Å². The number of hydrogen-bond donors (Lipinski definition) is 2. The Morgan fingerprint density at radius 3 is 2.44 bits per heavy atom. The van der Waals surface area contributed by atoms with E-state index in [2.05, 4.69) is 0 Å². The van der Waals surface area contributed by atoms with Gasteiger partial charge in [0.1, 0.15) is 5.82 Å². The van der Waals surface area contributed by atoms with Crippen LogP contribution in [0.15, 0.2) is 29.2 Å². The van der Waals surface area contributed by atoms with Crippen LogP contribution in [0, 0.1) is 5.82 Å². The topological polar surface area (TPSA) is 72.2 Å². The molecule has 0 saturated heterocycles. The third kappa shape index (κ3) is 3.90. The van der Waals surface area contributed by atoms with E-state index in [1.807, 2.05) is 5.32 Å². The number of thioether (sulfide) groups is 1. The maximum absolute atomic E-state index is 12.6. The van der Waals surface area contributed by atoms with Gasteiger partial charge in [0.15, 0.2) is 0 Å². The van der Waals surface area contributed by atoms with E-state index in [0.717, 1.165) is 4.90 Å². The lowest BCUT2D eigenvalue weighted by molar-refractivity contribution is -0.119. The minimum atomic E-state index is -0.878. The van der Waals surface area contributed by atoms with Gasteiger partial charge in [-0.15, -0.1) is 11.8 Å². The van der Waals surface area contributed by atoms with E-state index >= 15 is 0 Å². The average Bonchev–Trinajstić information content (AvgIpc) is 2.20. The predicted octanol–water partition coefficient (Wildman–Crippen LogP) is 1.50. The van der Waals surface area contributed by atoms with Gasteiger partial charge in [-0.1, -0.05) is 0 Å². The summed E-state index contributed by atoms with van der Waals surface area (Å²) in [5, 5.41) is 1.51. The Bertz CT molecular complexity index is 394. The third-order valence-electron chi connectivity index (χ3n) is 1.74. The molecular formula is C10H11FN2O2S. The van der Waals surface area contributed by atoms with Crippen molar-refractivity contribution in [1.29, 1.82) is 0 Å². The van der Waals surface area contributed by atoms with Crippen molar-refractivity contribution in [2.75, 3.05) is 0 Å². The second-order valence-corrected chi connectivity index (χ2v) is 4.48. The highest BCUT2D eigenvalue weighted by Crippen LogP contribution is 2.23. The lowest BCUT2D eigenvalue weighted by atomic mass is 10.3. The number of benzene rings is 1. The minimum absolute atomic E-state index is 0.335. The molecule has 3 N–H and O–H groups in total. The second-order valence-electron chi connectivity index (χ2n) is 3.07. The molecule has 0 spiro atoms. The maximum Gasteiger partial charge on any atom is 0.318 e. The fraction of sp³-hybridized carbons (Fsp3) is 0.200. The van der Waals surface area contributed by atoms with Crippen molar-refractivity contribution < 1.29 is 14.0 Å². The molecule has 86 valence electrons. The van der Waals surface area contributed by atoms with E-state index < -0.39 is 17.2 Å². The van der Waals surface area contributed by atoms with E-state index in [-0.39, 0.29) is 5.82 Å². The van der Waals surface area contributed by atoms with Gasteiger partial charge in [-0.25, -0.2) is 9.18 Å². The molecule has 1 atom stereocenters. The molecule has 0 aromatic heterocycles. The summed E-state index contributed by atoms with van der Waals surface area (Å²) in [5.74, 6) is -0.805. The quantitative estimate of drug-likeness (QED) is 0.789. The van der Waals surface area contributed by atoms with Crippen molar-refractivity contribution >= 4 is 23.7 Å². The van der Waals surface area contributed by atoms with Crippen molar-refractivity contribution in [2.24, 2.45) is 5.73 Å². The van der Waals surface area contributed by atoms with E-state index in [0.29, 0.717) is 0 Å². The van der Waals surface area contributed by atoms with Gasteiger partial charge in [-0.05, 0) is 31.2 Å². The van der Waals surface area contributed by atoms with Crippen molar-refractivity contribution in [3.05, 3.63) is 30.1 Å². The second kappa shape index (κ2) is 5.50. The van der Waals surface area contributed by atoms with Crippen LogP contribution >= 0.6 is 11.8 Å². The lowest BCUT2D eigenvalue weighted by Crippen LogP contribution is -2.39. The monoisotopic (exact) mass is 242 g/mol. The summed E-state index contributed by atoms with van der Waals surface area (Å²) < 4.78 is 12.6. The molecule has 1 aromatic rings. The molecule has 0 aliphatic heterocycles. The van der Waals surface area contributed by atoms with Crippen molar-refractivity contribution in [1.82, 2.24) is 5.32 Å². The Labute approximate surface area is 96.4 Å². The van der Waals surface area contributed by atoms with Gasteiger partial charge in [0.05, 0.1) is 5.25 Å². The molecule has 3 amide bonds. The maximum atomic E-state index is 12.6. The van der Waals surface area contributed by atoms with Crippen molar-refractivity contribution in [3.63, 3.8) is 0 Å². The first-order valence-corrected chi connectivity index (χ1v) is 5.39. The van der Waals surface area contributed by atoms with Crippen LogP contribution in [0.3, 0.4) is 0 Å². The molecule has 0 saturated carbocycles. The zero-order valence-corrected chi connectivity index (χ0v) is 9.38. The fourth-order valence-electron chi connectivity index (χ4n) is 0.994. The van der Waals surface area contributed by atoms with E-state index in [1.165, 1.54) is 23.9 Å². The standard InChI is InChI=1S/C10H11FN2O2S/c1-6(9(14)13-10(12)15)16-8-4-2-7(11)3-5-8/h2-6H,1H3,(H3,12,13,14,15)/t6-/m1/s1. The number of primary amides is 1. The largest absolute Gasteiger partial charge is 0.351 e. The van der Waals surface area contributed by atoms with Crippen LogP contribution in [0.1, 0.15) is 6.92 Å². The van der Waals surface area contributed by atoms with Gasteiger partial charge in [-0.2, -0.15) is 0 Å². The number of carbonyl (C=O) groups excluding carboxylic acids is 2. The molecule has 0 heterocycles. The smallest absolute Gasteiger partial charge is 0.318 e. The molecule has 1 rings (SSSR count). The summed E-state index contributed by atoms with van der Waals surface area (Å²) in [7, 11) is 0. The summed E-state index contributed by atoms with van der Waals surface area (Å²) >= 11 is 1.22. The average molecular weight is 242 g/mol. The van der Waals surface area contributed by atoms with Gasteiger partial charge in [-0.3, -0.25) is 10.1 Å². The summed E-state index contributed by atoms with van der Waals surface area (Å²) in [6.45, 7) is 1.63. The first kappa shape index (κ1) is 12.5. The number of nitrogens with one attached hydrogen (secondary N) is 1. The number of carbonyl (C=O) groups is 2. The van der Waals surface area contributed by atoms with Crippen LogP contribution in [0.4, 0.5) is 9.18 Å². The van der Waals surface area contributed by atoms with Crippen LogP contribution in [0.2, 0.25) is 0 Å². The fourth-order valence-corrected chi connectivity index (χ4v) is 1.86. The molecule has 6 heteroatoms. The third-order valence-corrected chi connectivity index (χ3v) is 2.85. The van der Waals surface area contributed by atoms with Crippen LogP contribution in [-0.2, 0) is 4.79 Å². The highest BCUT2D eigenvalue weighted by atomic mass is 32.2. The Hall–Kier alpha value is -1.56. The molecule has 0 aliphatic rings. The molecule has 0 bridgehead atoms. The molecule has 4 nitrogen and oxygen atoms in total. The number of amides is 3. The zero-order valence-electron chi connectivity index (χ0n) is 8.57. The first-order valence-electron chi connectivity index (χ1n) is 4.51. The van der Waals surface area contributed by atoms with E-state index in [4.69, 9.17) is 5.73 Å². The van der Waals surface area contributed by atoms with Gasteiger partial charge >= 0.3 is 6.03 Å². The van der Waals surface area contributed by atoms with Crippen molar-refractivity contribution in [2.45, 2.75) is 17.1 Å². The molecule has 0 fully saturated rings. The molecular weight excluding hydrogens is 231 g/mol. The SMILES string of the molecule is C[C@@H](Sc1ccc(F)cc1)C(=O)NC(N)=O. The van der Waals surface area contributed by atoms with Gasteiger partial charge < -0.3 is 5.73 Å². The van der Waals surface area contributed by atoms with Gasteiger partial charge in [0.2, 0.25) is 5.91 Å². The number of rotatable bonds is 3. The molecule has 1 aromatic carbocycles. The van der Waals surface area contributed by atoms with Crippen LogP contribution in [-0.4, -0.2) is 17.2 Å². The molecule has 0 unspecified atom stereocenters. The van der Waals surface area contributed by atoms with Crippen LogP contribution in [0.25, 0.3) is 0 Å². The van der Waals surface area contributed by atoms with Gasteiger partial charge in [0.25, 0.3) is 0 Å². The molecule has 16 heavy (non-hydrogen) atoms. The highest BCUT2D eigenvalue weighted by molar-refractivity contribution is 8.00. The Morgan fingerprint density at radius 2 is 1.94 bits per heavy atom. The van der Waals surface area contributed by atoms with Crippen LogP contribution < -0.4 is 11.1 Å².